The van der Waals surface area contributed by atoms with Crippen molar-refractivity contribution in [2.75, 3.05) is 7.11 Å². The van der Waals surface area contributed by atoms with E-state index >= 15 is 0 Å². The molecule has 114 valence electrons. The van der Waals surface area contributed by atoms with Gasteiger partial charge in [-0.1, -0.05) is 20.8 Å². The summed E-state index contributed by atoms with van der Waals surface area (Å²) in [6.07, 6.45) is 0.755. The van der Waals surface area contributed by atoms with Crippen LogP contribution in [0, 0.1) is 6.92 Å². The molecular formula is C15H25NO3S. The van der Waals surface area contributed by atoms with Crippen molar-refractivity contribution in [3.63, 3.8) is 0 Å². The topological polar surface area (TPSA) is 55.4 Å². The molecule has 0 radical (unpaired) electrons. The molecule has 20 heavy (non-hydrogen) atoms. The predicted octanol–water partition coefficient (Wildman–Crippen LogP) is 3.20. The van der Waals surface area contributed by atoms with Gasteiger partial charge >= 0.3 is 0 Å². The third-order valence-corrected chi connectivity index (χ3v) is 5.14. The van der Waals surface area contributed by atoms with E-state index in [2.05, 4.69) is 4.72 Å². The Kier molecular flexibility index (Phi) is 5.59. The van der Waals surface area contributed by atoms with Crippen LogP contribution in [-0.2, 0) is 10.0 Å². The van der Waals surface area contributed by atoms with Gasteiger partial charge in [0.05, 0.1) is 12.0 Å². The van der Waals surface area contributed by atoms with E-state index in [-0.39, 0.29) is 12.0 Å². The van der Waals surface area contributed by atoms with Gasteiger partial charge in [0.15, 0.2) is 0 Å². The molecule has 5 heteroatoms. The van der Waals surface area contributed by atoms with E-state index in [1.54, 1.807) is 26.2 Å². The summed E-state index contributed by atoms with van der Waals surface area (Å²) >= 11 is 0. The number of sulfonamides is 1. The van der Waals surface area contributed by atoms with Crippen LogP contribution in [0.1, 0.15) is 51.2 Å². The highest BCUT2D eigenvalue weighted by Gasteiger charge is 2.22. The van der Waals surface area contributed by atoms with E-state index in [0.29, 0.717) is 10.5 Å². The number of nitrogens with one attached hydrogen (secondary N) is 1. The smallest absolute Gasteiger partial charge is 0.241 e. The van der Waals surface area contributed by atoms with Gasteiger partial charge in [0.25, 0.3) is 0 Å². The fourth-order valence-electron chi connectivity index (χ4n) is 2.01. The van der Waals surface area contributed by atoms with Crippen molar-refractivity contribution in [3.05, 3.63) is 23.3 Å². The van der Waals surface area contributed by atoms with Crippen molar-refractivity contribution in [1.29, 1.82) is 0 Å². The number of aryl methyl sites for hydroxylation is 1. The second kappa shape index (κ2) is 6.59. The summed E-state index contributed by atoms with van der Waals surface area (Å²) in [7, 11) is -1.89. The summed E-state index contributed by atoms with van der Waals surface area (Å²) in [5.74, 6) is 0.933. The Morgan fingerprint density at radius 3 is 2.30 bits per heavy atom. The SMILES string of the molecule is CCC(C)NS(=O)(=O)c1cc(C(C)C)c(OC)cc1C. The predicted molar refractivity (Wildman–Crippen MR) is 81.9 cm³/mol. The number of benzene rings is 1. The molecule has 0 saturated heterocycles. The number of rotatable bonds is 6. The fraction of sp³-hybridized carbons (Fsp3) is 0.600. The Morgan fingerprint density at radius 1 is 1.25 bits per heavy atom. The van der Waals surface area contributed by atoms with Crippen molar-refractivity contribution in [2.45, 2.75) is 57.9 Å². The lowest BCUT2D eigenvalue weighted by molar-refractivity contribution is 0.406. The lowest BCUT2D eigenvalue weighted by atomic mass is 10.0. The number of hydrogen-bond donors (Lipinski definition) is 1. The second-order valence-corrected chi connectivity index (χ2v) is 7.13. The van der Waals surface area contributed by atoms with Crippen LogP contribution in [0.15, 0.2) is 17.0 Å². The maximum Gasteiger partial charge on any atom is 0.241 e. The van der Waals surface area contributed by atoms with E-state index < -0.39 is 10.0 Å². The average molecular weight is 299 g/mol. The van der Waals surface area contributed by atoms with Crippen molar-refractivity contribution in [2.24, 2.45) is 0 Å². The van der Waals surface area contributed by atoms with Crippen molar-refractivity contribution >= 4 is 10.0 Å². The molecule has 0 aliphatic rings. The van der Waals surface area contributed by atoms with Crippen LogP contribution in [0.4, 0.5) is 0 Å². The van der Waals surface area contributed by atoms with Crippen molar-refractivity contribution in [3.8, 4) is 5.75 Å². The highest BCUT2D eigenvalue weighted by atomic mass is 32.2. The van der Waals surface area contributed by atoms with E-state index in [9.17, 15) is 8.42 Å². The molecule has 0 aliphatic carbocycles. The van der Waals surface area contributed by atoms with Gasteiger partial charge in [-0.3, -0.25) is 0 Å². The maximum atomic E-state index is 12.4. The molecule has 1 aromatic carbocycles. The molecule has 1 aromatic rings. The highest BCUT2D eigenvalue weighted by molar-refractivity contribution is 7.89. The first-order valence-corrected chi connectivity index (χ1v) is 8.42. The van der Waals surface area contributed by atoms with E-state index in [1.165, 1.54) is 0 Å². The molecule has 1 atom stereocenters. The summed E-state index contributed by atoms with van der Waals surface area (Å²) in [5, 5.41) is 0. The molecule has 1 N–H and O–H groups in total. The van der Waals surface area contributed by atoms with Crippen molar-refractivity contribution < 1.29 is 13.2 Å². The first-order chi connectivity index (χ1) is 9.22. The molecule has 0 fully saturated rings. The second-order valence-electron chi connectivity index (χ2n) is 5.44. The zero-order chi connectivity index (χ0) is 15.5. The van der Waals surface area contributed by atoms with Crippen LogP contribution in [0.5, 0.6) is 5.75 Å². The Morgan fingerprint density at radius 2 is 1.85 bits per heavy atom. The van der Waals surface area contributed by atoms with Gasteiger partial charge in [-0.25, -0.2) is 13.1 Å². The van der Waals surface area contributed by atoms with Crippen LogP contribution in [0.25, 0.3) is 0 Å². The highest BCUT2D eigenvalue weighted by Crippen LogP contribution is 2.31. The van der Waals surface area contributed by atoms with Gasteiger partial charge in [0, 0.05) is 6.04 Å². The van der Waals surface area contributed by atoms with Crippen LogP contribution >= 0.6 is 0 Å². The van der Waals surface area contributed by atoms with Gasteiger partial charge in [0.1, 0.15) is 5.75 Å². The molecule has 0 amide bonds. The molecule has 0 heterocycles. The van der Waals surface area contributed by atoms with Gasteiger partial charge in [-0.05, 0) is 49.4 Å². The fourth-order valence-corrected chi connectivity index (χ4v) is 3.59. The summed E-state index contributed by atoms with van der Waals surface area (Å²) in [5.41, 5.74) is 1.60. The van der Waals surface area contributed by atoms with Gasteiger partial charge in [-0.15, -0.1) is 0 Å². The molecular weight excluding hydrogens is 274 g/mol. The average Bonchev–Trinajstić information content (AvgIpc) is 2.36. The molecule has 0 spiro atoms. The first-order valence-electron chi connectivity index (χ1n) is 6.93. The molecule has 0 aliphatic heterocycles. The zero-order valence-electron chi connectivity index (χ0n) is 13.1. The molecule has 0 saturated carbocycles. The lowest BCUT2D eigenvalue weighted by Gasteiger charge is -2.18. The van der Waals surface area contributed by atoms with E-state index in [0.717, 1.165) is 17.7 Å². The lowest BCUT2D eigenvalue weighted by Crippen LogP contribution is -2.32. The van der Waals surface area contributed by atoms with E-state index in [4.69, 9.17) is 4.74 Å². The van der Waals surface area contributed by atoms with E-state index in [1.807, 2.05) is 27.7 Å². The zero-order valence-corrected chi connectivity index (χ0v) is 14.0. The van der Waals surface area contributed by atoms with Crippen LogP contribution in [-0.4, -0.2) is 21.6 Å². The van der Waals surface area contributed by atoms with Crippen LogP contribution in [0.2, 0.25) is 0 Å². The molecule has 1 rings (SSSR count). The minimum Gasteiger partial charge on any atom is -0.496 e. The Labute approximate surface area is 122 Å². The number of ether oxygens (including phenoxy) is 1. The largest absolute Gasteiger partial charge is 0.496 e. The van der Waals surface area contributed by atoms with Gasteiger partial charge < -0.3 is 4.74 Å². The third kappa shape index (κ3) is 3.73. The molecule has 0 bridgehead atoms. The van der Waals surface area contributed by atoms with Crippen molar-refractivity contribution in [1.82, 2.24) is 4.72 Å². The molecule has 0 aromatic heterocycles. The standard InChI is InChI=1S/C15H25NO3S/c1-7-12(5)16-20(17,18)15-9-13(10(2)3)14(19-6)8-11(15)4/h8-10,12,16H,7H2,1-6H3. The van der Waals surface area contributed by atoms with Crippen LogP contribution < -0.4 is 9.46 Å². The minimum atomic E-state index is -3.49. The van der Waals surface area contributed by atoms with Gasteiger partial charge in [-0.2, -0.15) is 0 Å². The molecule has 4 nitrogen and oxygen atoms in total. The Balaban J connectivity index is 3.35. The number of methoxy groups -OCH3 is 1. The third-order valence-electron chi connectivity index (χ3n) is 3.41. The van der Waals surface area contributed by atoms with Gasteiger partial charge in [0.2, 0.25) is 10.0 Å². The Bertz CT molecular complexity index is 565. The summed E-state index contributed by atoms with van der Waals surface area (Å²) in [4.78, 5) is 0.335. The monoisotopic (exact) mass is 299 g/mol. The minimum absolute atomic E-state index is 0.0796. The molecule has 1 unspecified atom stereocenters. The quantitative estimate of drug-likeness (QED) is 0.877. The Hall–Kier alpha value is -1.07. The summed E-state index contributed by atoms with van der Waals surface area (Å²) < 4.78 is 32.9. The number of hydrogen-bond acceptors (Lipinski definition) is 3. The first kappa shape index (κ1) is 17.0. The van der Waals surface area contributed by atoms with Crippen LogP contribution in [0.3, 0.4) is 0 Å². The maximum absolute atomic E-state index is 12.4. The summed E-state index contributed by atoms with van der Waals surface area (Å²) in [6, 6.07) is 3.44. The normalized spacial score (nSPS) is 13.6. The summed E-state index contributed by atoms with van der Waals surface area (Å²) in [6.45, 7) is 9.64.